The van der Waals surface area contributed by atoms with Crippen LogP contribution < -0.4 is 5.32 Å². The molecule has 0 aliphatic carbocycles. The maximum atomic E-state index is 11.8. The van der Waals surface area contributed by atoms with Crippen molar-refractivity contribution in [2.45, 2.75) is 12.6 Å². The maximum Gasteiger partial charge on any atom is 0.471 e. The fraction of sp³-hybridized carbons (Fsp3) is 0.300. The van der Waals surface area contributed by atoms with E-state index in [1.54, 1.807) is 29.6 Å². The van der Waals surface area contributed by atoms with Gasteiger partial charge < -0.3 is 5.32 Å². The van der Waals surface area contributed by atoms with Gasteiger partial charge in [-0.25, -0.2) is 0 Å². The molecule has 0 unspecified atom stereocenters. The van der Waals surface area contributed by atoms with E-state index in [1.165, 1.54) is 0 Å². The summed E-state index contributed by atoms with van der Waals surface area (Å²) in [6.45, 7) is -0.0556. The fourth-order valence-corrected chi connectivity index (χ4v) is 1.20. The zero-order chi connectivity index (χ0) is 12.2. The van der Waals surface area contributed by atoms with Crippen LogP contribution in [0.5, 0.6) is 0 Å². The highest BCUT2D eigenvalue weighted by molar-refractivity contribution is 6.30. The number of alkyl halides is 3. The third kappa shape index (κ3) is 4.10. The Morgan fingerprint density at radius 1 is 1.25 bits per heavy atom. The average Bonchev–Trinajstić information content (AvgIpc) is 2.19. The molecule has 0 heterocycles. The summed E-state index contributed by atoms with van der Waals surface area (Å²) >= 11 is 5.64. The molecule has 1 aromatic carbocycles. The minimum Gasteiger partial charge on any atom is -0.348 e. The molecule has 0 atom stereocenters. The van der Waals surface area contributed by atoms with Crippen LogP contribution in [-0.2, 0) is 11.2 Å². The van der Waals surface area contributed by atoms with Gasteiger partial charge in [0.15, 0.2) is 0 Å². The van der Waals surface area contributed by atoms with Gasteiger partial charge in [0.2, 0.25) is 0 Å². The van der Waals surface area contributed by atoms with Crippen molar-refractivity contribution < 1.29 is 18.0 Å². The molecule has 0 saturated heterocycles. The first-order valence-corrected chi connectivity index (χ1v) is 4.87. The first kappa shape index (κ1) is 12.8. The summed E-state index contributed by atoms with van der Waals surface area (Å²) in [5.74, 6) is -1.92. The lowest BCUT2D eigenvalue weighted by atomic mass is 10.1. The van der Waals surface area contributed by atoms with E-state index in [2.05, 4.69) is 0 Å². The molecule has 1 N–H and O–H groups in total. The van der Waals surface area contributed by atoms with Gasteiger partial charge >= 0.3 is 12.1 Å². The van der Waals surface area contributed by atoms with Crippen LogP contribution in [0.15, 0.2) is 24.3 Å². The first-order valence-electron chi connectivity index (χ1n) is 4.49. The number of carbonyl (C=O) groups excluding carboxylic acids is 1. The topological polar surface area (TPSA) is 29.1 Å². The quantitative estimate of drug-likeness (QED) is 0.879. The highest BCUT2D eigenvalue weighted by Gasteiger charge is 2.38. The highest BCUT2D eigenvalue weighted by atomic mass is 35.5. The van der Waals surface area contributed by atoms with E-state index in [4.69, 9.17) is 11.6 Å². The molecule has 2 nitrogen and oxygen atoms in total. The Kier molecular flexibility index (Phi) is 4.18. The van der Waals surface area contributed by atoms with Crippen LogP contribution in [0.2, 0.25) is 5.02 Å². The summed E-state index contributed by atoms with van der Waals surface area (Å²) < 4.78 is 35.4. The predicted octanol–water partition coefficient (Wildman–Crippen LogP) is 2.56. The average molecular weight is 252 g/mol. The molecular formula is C10H9ClF3NO. The lowest BCUT2D eigenvalue weighted by molar-refractivity contribution is -0.173. The van der Waals surface area contributed by atoms with Gasteiger partial charge in [0.05, 0.1) is 0 Å². The van der Waals surface area contributed by atoms with Gasteiger partial charge in [0.1, 0.15) is 0 Å². The molecule has 1 amide bonds. The molecule has 0 aliphatic heterocycles. The zero-order valence-electron chi connectivity index (χ0n) is 8.14. The fourth-order valence-electron chi connectivity index (χ4n) is 1.07. The monoisotopic (exact) mass is 251 g/mol. The summed E-state index contributed by atoms with van der Waals surface area (Å²) in [5.41, 5.74) is 0.812. The molecule has 0 fully saturated rings. The molecule has 16 heavy (non-hydrogen) atoms. The zero-order valence-corrected chi connectivity index (χ0v) is 8.90. The van der Waals surface area contributed by atoms with Crippen molar-refractivity contribution in [3.63, 3.8) is 0 Å². The van der Waals surface area contributed by atoms with Gasteiger partial charge in [-0.15, -0.1) is 0 Å². The van der Waals surface area contributed by atoms with Gasteiger partial charge in [0, 0.05) is 11.6 Å². The van der Waals surface area contributed by atoms with Gasteiger partial charge in [-0.05, 0) is 24.1 Å². The van der Waals surface area contributed by atoms with Crippen molar-refractivity contribution in [3.8, 4) is 0 Å². The van der Waals surface area contributed by atoms with E-state index in [-0.39, 0.29) is 6.54 Å². The van der Waals surface area contributed by atoms with Crippen LogP contribution in [0.25, 0.3) is 0 Å². The molecule has 1 rings (SSSR count). The largest absolute Gasteiger partial charge is 0.471 e. The minimum absolute atomic E-state index is 0.0556. The number of halogens is 4. The van der Waals surface area contributed by atoms with E-state index >= 15 is 0 Å². The SMILES string of the molecule is O=C(NCCc1ccc(Cl)cc1)C(F)(F)F. The Morgan fingerprint density at radius 2 is 1.81 bits per heavy atom. The highest BCUT2D eigenvalue weighted by Crippen LogP contribution is 2.14. The lowest BCUT2D eigenvalue weighted by Gasteiger charge is -2.07. The van der Waals surface area contributed by atoms with Crippen LogP contribution >= 0.6 is 11.6 Å². The summed E-state index contributed by atoms with van der Waals surface area (Å²) in [7, 11) is 0. The first-order chi connectivity index (χ1) is 7.39. The molecular weight excluding hydrogens is 243 g/mol. The van der Waals surface area contributed by atoms with Gasteiger partial charge in [0.25, 0.3) is 0 Å². The van der Waals surface area contributed by atoms with Crippen molar-refractivity contribution in [1.29, 1.82) is 0 Å². The second-order valence-corrected chi connectivity index (χ2v) is 3.57. The Morgan fingerprint density at radius 3 is 2.31 bits per heavy atom. The Bertz CT molecular complexity index is 361. The number of hydrogen-bond acceptors (Lipinski definition) is 1. The predicted molar refractivity (Wildman–Crippen MR) is 54.2 cm³/mol. The van der Waals surface area contributed by atoms with E-state index in [0.29, 0.717) is 11.4 Å². The minimum atomic E-state index is -4.82. The van der Waals surface area contributed by atoms with Crippen LogP contribution in [0, 0.1) is 0 Å². The van der Waals surface area contributed by atoms with Crippen LogP contribution in [0.3, 0.4) is 0 Å². The van der Waals surface area contributed by atoms with E-state index in [0.717, 1.165) is 5.56 Å². The van der Waals surface area contributed by atoms with E-state index in [9.17, 15) is 18.0 Å². The third-order valence-electron chi connectivity index (χ3n) is 1.87. The molecule has 88 valence electrons. The van der Waals surface area contributed by atoms with Crippen molar-refractivity contribution >= 4 is 17.5 Å². The van der Waals surface area contributed by atoms with Gasteiger partial charge in [-0.3, -0.25) is 4.79 Å². The maximum absolute atomic E-state index is 11.8. The number of rotatable bonds is 3. The van der Waals surface area contributed by atoms with Crippen molar-refractivity contribution in [1.82, 2.24) is 5.32 Å². The summed E-state index contributed by atoms with van der Waals surface area (Å²) in [6.07, 6.45) is -4.49. The Hall–Kier alpha value is -1.23. The number of carbonyl (C=O) groups is 1. The second-order valence-electron chi connectivity index (χ2n) is 3.13. The molecule has 0 radical (unpaired) electrons. The summed E-state index contributed by atoms with van der Waals surface area (Å²) in [5, 5.41) is 2.35. The summed E-state index contributed by atoms with van der Waals surface area (Å²) in [6, 6.07) is 6.68. The smallest absolute Gasteiger partial charge is 0.348 e. The van der Waals surface area contributed by atoms with Gasteiger partial charge in [-0.2, -0.15) is 13.2 Å². The molecule has 0 saturated carbocycles. The van der Waals surface area contributed by atoms with E-state index < -0.39 is 12.1 Å². The van der Waals surface area contributed by atoms with Crippen LogP contribution in [-0.4, -0.2) is 18.6 Å². The van der Waals surface area contributed by atoms with E-state index in [1.807, 2.05) is 0 Å². The summed E-state index contributed by atoms with van der Waals surface area (Å²) in [4.78, 5) is 10.5. The standard InChI is InChI=1S/C10H9ClF3NO/c11-8-3-1-7(2-4-8)5-6-15-9(16)10(12,13)14/h1-4H,5-6H2,(H,15,16). The number of amides is 1. The number of benzene rings is 1. The lowest BCUT2D eigenvalue weighted by Crippen LogP contribution is -2.37. The van der Waals surface area contributed by atoms with Gasteiger partial charge in [-0.1, -0.05) is 23.7 Å². The Balaban J connectivity index is 2.36. The molecule has 6 heteroatoms. The van der Waals surface area contributed by atoms with Crippen LogP contribution in [0.1, 0.15) is 5.56 Å². The molecule has 0 aromatic heterocycles. The normalized spacial score (nSPS) is 11.2. The van der Waals surface area contributed by atoms with Crippen molar-refractivity contribution in [2.75, 3.05) is 6.54 Å². The molecule has 0 aliphatic rings. The van der Waals surface area contributed by atoms with Crippen molar-refractivity contribution in [3.05, 3.63) is 34.9 Å². The molecule has 0 spiro atoms. The number of hydrogen-bond donors (Lipinski definition) is 1. The second kappa shape index (κ2) is 5.21. The molecule has 0 bridgehead atoms. The van der Waals surface area contributed by atoms with Crippen LogP contribution in [0.4, 0.5) is 13.2 Å². The Labute approximate surface area is 95.4 Å². The van der Waals surface area contributed by atoms with Crippen molar-refractivity contribution in [2.24, 2.45) is 0 Å². The number of nitrogens with one attached hydrogen (secondary N) is 1. The third-order valence-corrected chi connectivity index (χ3v) is 2.12. The molecule has 1 aromatic rings.